The molecule has 0 atom stereocenters. The lowest BCUT2D eigenvalue weighted by atomic mass is 10.1. The van der Waals surface area contributed by atoms with Gasteiger partial charge in [-0.05, 0) is 43.9 Å². The Balaban J connectivity index is 1.87. The van der Waals surface area contributed by atoms with Crippen molar-refractivity contribution in [1.29, 1.82) is 0 Å². The molecule has 1 heterocycles. The molecule has 3 aromatic rings. The largest absolute Gasteiger partial charge is 0.313 e. The summed E-state index contributed by atoms with van der Waals surface area (Å²) in [7, 11) is 0. The zero-order chi connectivity index (χ0) is 18.3. The molecule has 1 aliphatic carbocycles. The van der Waals surface area contributed by atoms with Crippen LogP contribution in [0.15, 0.2) is 52.8 Å². The summed E-state index contributed by atoms with van der Waals surface area (Å²) >= 11 is 1.59. The van der Waals surface area contributed by atoms with Gasteiger partial charge in [0.25, 0.3) is 5.69 Å². The maximum Gasteiger partial charge on any atom is 0.270 e. The van der Waals surface area contributed by atoms with Gasteiger partial charge < -0.3 is 4.57 Å². The molecule has 4 rings (SSSR count). The van der Waals surface area contributed by atoms with E-state index in [0.29, 0.717) is 6.04 Å². The Bertz CT molecular complexity index is 1060. The maximum absolute atomic E-state index is 11.1. The number of hydrogen-bond donors (Lipinski definition) is 0. The molecule has 0 amide bonds. The van der Waals surface area contributed by atoms with Crippen molar-refractivity contribution in [1.82, 2.24) is 4.57 Å². The molecule has 0 radical (unpaired) electrons. The predicted octanol–water partition coefficient (Wildman–Crippen LogP) is 5.31. The summed E-state index contributed by atoms with van der Waals surface area (Å²) in [6, 6.07) is 13.5. The van der Waals surface area contributed by atoms with Crippen LogP contribution in [0.3, 0.4) is 0 Å². The molecule has 1 saturated carbocycles. The number of nitro groups is 1. The Morgan fingerprint density at radius 2 is 2.00 bits per heavy atom. The lowest BCUT2D eigenvalue weighted by Crippen LogP contribution is -2.14. The van der Waals surface area contributed by atoms with Crippen molar-refractivity contribution in [3.05, 3.63) is 73.9 Å². The van der Waals surface area contributed by atoms with Crippen LogP contribution in [0.4, 0.5) is 11.4 Å². The lowest BCUT2D eigenvalue weighted by molar-refractivity contribution is -0.384. The van der Waals surface area contributed by atoms with Gasteiger partial charge >= 0.3 is 0 Å². The molecule has 1 aromatic heterocycles. The SMILES string of the molecule is Cc1ccc(C)c(N=c2scc(-c3cccc([N+](=O)[O-])c3)n2C2CC2)c1. The quantitative estimate of drug-likeness (QED) is 0.465. The van der Waals surface area contributed by atoms with Crippen molar-refractivity contribution in [2.24, 2.45) is 4.99 Å². The van der Waals surface area contributed by atoms with E-state index >= 15 is 0 Å². The molecule has 0 N–H and O–H groups in total. The molecule has 1 aliphatic rings. The van der Waals surface area contributed by atoms with Gasteiger partial charge in [-0.1, -0.05) is 24.3 Å². The minimum atomic E-state index is -0.348. The molecule has 5 nitrogen and oxygen atoms in total. The number of non-ortho nitro benzene ring substituents is 1. The van der Waals surface area contributed by atoms with E-state index in [1.807, 2.05) is 6.07 Å². The average molecular weight is 365 g/mol. The van der Waals surface area contributed by atoms with Crippen molar-refractivity contribution < 1.29 is 4.92 Å². The minimum absolute atomic E-state index is 0.115. The van der Waals surface area contributed by atoms with Crippen molar-refractivity contribution in [2.75, 3.05) is 0 Å². The molecule has 26 heavy (non-hydrogen) atoms. The van der Waals surface area contributed by atoms with E-state index < -0.39 is 0 Å². The summed E-state index contributed by atoms with van der Waals surface area (Å²) in [5.41, 5.74) is 5.29. The molecule has 1 fully saturated rings. The topological polar surface area (TPSA) is 60.4 Å². The third-order valence-electron chi connectivity index (χ3n) is 4.59. The van der Waals surface area contributed by atoms with Crippen LogP contribution in [-0.2, 0) is 0 Å². The summed E-state index contributed by atoms with van der Waals surface area (Å²) in [6.07, 6.45) is 2.25. The number of aryl methyl sites for hydroxylation is 2. The zero-order valence-electron chi connectivity index (χ0n) is 14.7. The van der Waals surface area contributed by atoms with Crippen LogP contribution in [0.2, 0.25) is 0 Å². The molecule has 0 spiro atoms. The maximum atomic E-state index is 11.1. The zero-order valence-corrected chi connectivity index (χ0v) is 15.5. The molecule has 0 bridgehead atoms. The van der Waals surface area contributed by atoms with Gasteiger partial charge in [0.1, 0.15) is 0 Å². The van der Waals surface area contributed by atoms with Gasteiger partial charge in [0.2, 0.25) is 0 Å². The number of rotatable bonds is 4. The summed E-state index contributed by atoms with van der Waals surface area (Å²) < 4.78 is 2.24. The Hall–Kier alpha value is -2.73. The number of nitro benzene ring substituents is 1. The number of nitrogens with zero attached hydrogens (tertiary/aromatic N) is 3. The minimum Gasteiger partial charge on any atom is -0.313 e. The number of benzene rings is 2. The summed E-state index contributed by atoms with van der Waals surface area (Å²) in [6.45, 7) is 4.13. The van der Waals surface area contributed by atoms with Gasteiger partial charge in [0, 0.05) is 29.1 Å². The molecule has 2 aromatic carbocycles. The average Bonchev–Trinajstić information content (AvgIpc) is 3.38. The third kappa shape index (κ3) is 3.20. The predicted molar refractivity (Wildman–Crippen MR) is 104 cm³/mol. The van der Waals surface area contributed by atoms with Crippen LogP contribution in [-0.4, -0.2) is 9.49 Å². The van der Waals surface area contributed by atoms with E-state index in [2.05, 4.69) is 42.0 Å². The Morgan fingerprint density at radius 3 is 2.73 bits per heavy atom. The van der Waals surface area contributed by atoms with Crippen LogP contribution in [0.25, 0.3) is 11.3 Å². The highest BCUT2D eigenvalue weighted by Crippen LogP contribution is 2.38. The standard InChI is InChI=1S/C20H19N3O2S/c1-13-6-7-14(2)18(10-13)21-20-22(16-8-9-16)19(12-26-20)15-4-3-5-17(11-15)23(24)25/h3-7,10-12,16H,8-9H2,1-2H3. The van der Waals surface area contributed by atoms with E-state index in [1.165, 1.54) is 11.6 Å². The van der Waals surface area contributed by atoms with Crippen LogP contribution in [0, 0.1) is 24.0 Å². The Morgan fingerprint density at radius 1 is 1.19 bits per heavy atom. The van der Waals surface area contributed by atoms with E-state index in [9.17, 15) is 10.1 Å². The van der Waals surface area contributed by atoms with E-state index in [0.717, 1.165) is 40.2 Å². The summed E-state index contributed by atoms with van der Waals surface area (Å²) in [4.78, 5) is 16.6. The van der Waals surface area contributed by atoms with Gasteiger partial charge in [-0.3, -0.25) is 10.1 Å². The first-order valence-corrected chi connectivity index (χ1v) is 9.48. The van der Waals surface area contributed by atoms with Gasteiger partial charge in [-0.2, -0.15) is 0 Å². The smallest absolute Gasteiger partial charge is 0.270 e. The van der Waals surface area contributed by atoms with Gasteiger partial charge in [-0.15, -0.1) is 11.3 Å². The highest BCUT2D eigenvalue weighted by Gasteiger charge is 2.27. The van der Waals surface area contributed by atoms with Crippen molar-refractivity contribution in [3.8, 4) is 11.3 Å². The first kappa shape index (κ1) is 16.7. The fourth-order valence-electron chi connectivity index (χ4n) is 3.02. The molecule has 0 saturated heterocycles. The highest BCUT2D eigenvalue weighted by atomic mass is 32.1. The molecular formula is C20H19N3O2S. The van der Waals surface area contributed by atoms with E-state index in [1.54, 1.807) is 23.5 Å². The van der Waals surface area contributed by atoms with E-state index in [4.69, 9.17) is 4.99 Å². The lowest BCUT2D eigenvalue weighted by Gasteiger charge is -2.08. The third-order valence-corrected chi connectivity index (χ3v) is 5.43. The molecular weight excluding hydrogens is 346 g/mol. The van der Waals surface area contributed by atoms with Crippen molar-refractivity contribution in [2.45, 2.75) is 32.7 Å². The number of aromatic nitrogens is 1. The van der Waals surface area contributed by atoms with Crippen LogP contribution in [0.1, 0.15) is 30.0 Å². The van der Waals surface area contributed by atoms with Crippen LogP contribution >= 0.6 is 11.3 Å². The molecule has 132 valence electrons. The monoisotopic (exact) mass is 365 g/mol. The number of hydrogen-bond acceptors (Lipinski definition) is 4. The fourth-order valence-corrected chi connectivity index (χ4v) is 4.00. The van der Waals surface area contributed by atoms with Crippen LogP contribution in [0.5, 0.6) is 0 Å². The summed E-state index contributed by atoms with van der Waals surface area (Å²) in [5.74, 6) is 0. The van der Waals surface area contributed by atoms with Crippen molar-refractivity contribution in [3.63, 3.8) is 0 Å². The van der Waals surface area contributed by atoms with Crippen molar-refractivity contribution >= 4 is 22.7 Å². The van der Waals surface area contributed by atoms with Crippen LogP contribution < -0.4 is 4.80 Å². The van der Waals surface area contributed by atoms with Gasteiger partial charge in [0.05, 0.1) is 16.3 Å². The number of thiazole rings is 1. The summed E-state index contributed by atoms with van der Waals surface area (Å²) in [5, 5.41) is 13.2. The molecule has 0 unspecified atom stereocenters. The highest BCUT2D eigenvalue weighted by molar-refractivity contribution is 7.07. The fraction of sp³-hybridized carbons (Fsp3) is 0.250. The normalized spacial score (nSPS) is 14.6. The Kier molecular flexibility index (Phi) is 4.20. The van der Waals surface area contributed by atoms with Gasteiger partial charge in [-0.25, -0.2) is 4.99 Å². The van der Waals surface area contributed by atoms with E-state index in [-0.39, 0.29) is 10.6 Å². The first-order valence-electron chi connectivity index (χ1n) is 8.60. The molecule has 6 heteroatoms. The second-order valence-corrected chi connectivity index (χ2v) is 7.55. The second-order valence-electron chi connectivity index (χ2n) is 6.71. The van der Waals surface area contributed by atoms with Gasteiger partial charge in [0.15, 0.2) is 4.80 Å². The first-order chi connectivity index (χ1) is 12.5. The Labute approximate surface area is 155 Å². The molecule has 0 aliphatic heterocycles. The second kappa shape index (κ2) is 6.53.